The number of carbonyl (C=O) groups is 1. The van der Waals surface area contributed by atoms with E-state index in [0.717, 1.165) is 19.5 Å². The number of benzene rings is 1. The van der Waals surface area contributed by atoms with Crippen LogP contribution in [0.4, 0.5) is 0 Å². The number of rotatable bonds is 5. The van der Waals surface area contributed by atoms with Crippen molar-refractivity contribution in [3.8, 4) is 5.75 Å². The molecular weight excluding hydrogens is 301 g/mol. The third-order valence-corrected chi connectivity index (χ3v) is 3.98. The standard InChI is InChI=1S/C14H17Cl2NO3/c1-19-14(18)10-5-6-17(9-10)7-8-20-13-11(15)3-2-4-12(13)16/h2-4,10H,5-9H2,1H3. The predicted molar refractivity (Wildman–Crippen MR) is 78.5 cm³/mol. The minimum Gasteiger partial charge on any atom is -0.489 e. The Morgan fingerprint density at radius 1 is 1.40 bits per heavy atom. The van der Waals surface area contributed by atoms with Crippen LogP contribution in [0.1, 0.15) is 6.42 Å². The van der Waals surface area contributed by atoms with Crippen LogP contribution in [0.3, 0.4) is 0 Å². The Hall–Kier alpha value is -0.970. The molecule has 0 radical (unpaired) electrons. The number of halogens is 2. The van der Waals surface area contributed by atoms with Crippen molar-refractivity contribution in [3.63, 3.8) is 0 Å². The zero-order valence-corrected chi connectivity index (χ0v) is 12.8. The maximum Gasteiger partial charge on any atom is 0.310 e. The third kappa shape index (κ3) is 3.78. The summed E-state index contributed by atoms with van der Waals surface area (Å²) in [4.78, 5) is 13.6. The normalized spacial score (nSPS) is 19.1. The van der Waals surface area contributed by atoms with Crippen molar-refractivity contribution >= 4 is 29.2 Å². The summed E-state index contributed by atoms with van der Waals surface area (Å²) < 4.78 is 10.4. The molecule has 0 aliphatic carbocycles. The largest absolute Gasteiger partial charge is 0.489 e. The Labute approximate surface area is 128 Å². The molecule has 2 rings (SSSR count). The monoisotopic (exact) mass is 317 g/mol. The van der Waals surface area contributed by atoms with Gasteiger partial charge in [-0.1, -0.05) is 29.3 Å². The Bertz CT molecular complexity index is 461. The van der Waals surface area contributed by atoms with E-state index in [1.165, 1.54) is 7.11 Å². The van der Waals surface area contributed by atoms with Crippen molar-refractivity contribution in [2.45, 2.75) is 6.42 Å². The van der Waals surface area contributed by atoms with Gasteiger partial charge in [0, 0.05) is 13.1 Å². The highest BCUT2D eigenvalue weighted by Crippen LogP contribution is 2.32. The number of hydrogen-bond donors (Lipinski definition) is 0. The summed E-state index contributed by atoms with van der Waals surface area (Å²) in [6.07, 6.45) is 0.833. The van der Waals surface area contributed by atoms with Crippen LogP contribution in [-0.4, -0.2) is 44.2 Å². The molecule has 110 valence electrons. The van der Waals surface area contributed by atoms with Crippen molar-refractivity contribution in [2.24, 2.45) is 5.92 Å². The van der Waals surface area contributed by atoms with Gasteiger partial charge in [0.2, 0.25) is 0 Å². The van der Waals surface area contributed by atoms with Gasteiger partial charge in [0.15, 0.2) is 5.75 Å². The maximum absolute atomic E-state index is 11.4. The molecule has 0 saturated carbocycles. The summed E-state index contributed by atoms with van der Waals surface area (Å²) in [6.45, 7) is 2.80. The van der Waals surface area contributed by atoms with E-state index in [-0.39, 0.29) is 11.9 Å². The molecule has 1 saturated heterocycles. The number of methoxy groups -OCH3 is 1. The van der Waals surface area contributed by atoms with E-state index < -0.39 is 0 Å². The van der Waals surface area contributed by atoms with Crippen molar-refractivity contribution in [1.82, 2.24) is 4.90 Å². The van der Waals surface area contributed by atoms with Crippen LogP contribution < -0.4 is 4.74 Å². The second-order valence-corrected chi connectivity index (χ2v) is 5.52. The van der Waals surface area contributed by atoms with E-state index in [4.69, 9.17) is 32.7 Å². The minimum absolute atomic E-state index is 0.0242. The summed E-state index contributed by atoms with van der Waals surface area (Å²) in [5, 5.41) is 1.01. The second kappa shape index (κ2) is 7.16. The van der Waals surface area contributed by atoms with Gasteiger partial charge in [-0.05, 0) is 25.1 Å². The summed E-state index contributed by atoms with van der Waals surface area (Å²) in [5.74, 6) is 0.353. The second-order valence-electron chi connectivity index (χ2n) is 4.71. The number of para-hydroxylation sites is 1. The molecular formula is C14H17Cl2NO3. The van der Waals surface area contributed by atoms with E-state index in [1.54, 1.807) is 18.2 Å². The Kier molecular flexibility index (Phi) is 5.52. The van der Waals surface area contributed by atoms with Crippen LogP contribution in [0, 0.1) is 5.92 Å². The Balaban J connectivity index is 1.78. The molecule has 1 fully saturated rings. The number of esters is 1. The molecule has 0 amide bonds. The zero-order chi connectivity index (χ0) is 14.5. The molecule has 0 bridgehead atoms. The fourth-order valence-electron chi connectivity index (χ4n) is 2.29. The molecule has 1 aliphatic rings. The molecule has 1 aliphatic heterocycles. The van der Waals surface area contributed by atoms with E-state index in [0.29, 0.717) is 28.9 Å². The summed E-state index contributed by atoms with van der Waals surface area (Å²) in [5.41, 5.74) is 0. The Morgan fingerprint density at radius 3 is 2.75 bits per heavy atom. The lowest BCUT2D eigenvalue weighted by Gasteiger charge is -2.16. The van der Waals surface area contributed by atoms with Gasteiger partial charge in [-0.25, -0.2) is 0 Å². The van der Waals surface area contributed by atoms with Gasteiger partial charge in [0.1, 0.15) is 6.61 Å². The van der Waals surface area contributed by atoms with Gasteiger partial charge in [0.05, 0.1) is 23.1 Å². The molecule has 0 N–H and O–H groups in total. The summed E-state index contributed by atoms with van der Waals surface area (Å²) >= 11 is 12.0. The van der Waals surface area contributed by atoms with Crippen LogP contribution in [-0.2, 0) is 9.53 Å². The highest BCUT2D eigenvalue weighted by molar-refractivity contribution is 6.37. The first-order valence-electron chi connectivity index (χ1n) is 6.49. The van der Waals surface area contributed by atoms with Gasteiger partial charge in [0.25, 0.3) is 0 Å². The fourth-order valence-corrected chi connectivity index (χ4v) is 2.80. The lowest BCUT2D eigenvalue weighted by Crippen LogP contribution is -2.28. The SMILES string of the molecule is COC(=O)C1CCN(CCOc2c(Cl)cccc2Cl)C1. The number of hydrogen-bond acceptors (Lipinski definition) is 4. The first kappa shape index (κ1) is 15.4. The van der Waals surface area contributed by atoms with Crippen LogP contribution >= 0.6 is 23.2 Å². The lowest BCUT2D eigenvalue weighted by atomic mass is 10.1. The quantitative estimate of drug-likeness (QED) is 0.783. The van der Waals surface area contributed by atoms with Crippen LogP contribution in [0.5, 0.6) is 5.75 Å². The zero-order valence-electron chi connectivity index (χ0n) is 11.3. The smallest absolute Gasteiger partial charge is 0.310 e. The lowest BCUT2D eigenvalue weighted by molar-refractivity contribution is -0.144. The maximum atomic E-state index is 11.4. The van der Waals surface area contributed by atoms with Crippen molar-refractivity contribution in [3.05, 3.63) is 28.2 Å². The van der Waals surface area contributed by atoms with Gasteiger partial charge in [-0.15, -0.1) is 0 Å². The van der Waals surface area contributed by atoms with Crippen molar-refractivity contribution in [1.29, 1.82) is 0 Å². The highest BCUT2D eigenvalue weighted by atomic mass is 35.5. The molecule has 20 heavy (non-hydrogen) atoms. The Morgan fingerprint density at radius 2 is 2.10 bits per heavy atom. The number of nitrogens with zero attached hydrogens (tertiary/aromatic N) is 1. The van der Waals surface area contributed by atoms with Crippen LogP contribution in [0.2, 0.25) is 10.0 Å². The van der Waals surface area contributed by atoms with Crippen LogP contribution in [0.25, 0.3) is 0 Å². The average Bonchev–Trinajstić information content (AvgIpc) is 2.90. The number of ether oxygens (including phenoxy) is 2. The average molecular weight is 318 g/mol. The molecule has 6 heteroatoms. The van der Waals surface area contributed by atoms with Crippen LogP contribution in [0.15, 0.2) is 18.2 Å². The predicted octanol–water partition coefficient (Wildman–Crippen LogP) is 2.87. The highest BCUT2D eigenvalue weighted by Gasteiger charge is 2.28. The van der Waals surface area contributed by atoms with E-state index >= 15 is 0 Å². The molecule has 0 aromatic heterocycles. The van der Waals surface area contributed by atoms with E-state index in [9.17, 15) is 4.79 Å². The molecule has 1 unspecified atom stereocenters. The third-order valence-electron chi connectivity index (χ3n) is 3.38. The summed E-state index contributed by atoms with van der Waals surface area (Å²) in [7, 11) is 1.42. The molecule has 1 aromatic rings. The summed E-state index contributed by atoms with van der Waals surface area (Å²) in [6, 6.07) is 5.26. The molecule has 4 nitrogen and oxygen atoms in total. The van der Waals surface area contributed by atoms with E-state index in [2.05, 4.69) is 4.90 Å². The van der Waals surface area contributed by atoms with E-state index in [1.807, 2.05) is 0 Å². The molecule has 1 heterocycles. The van der Waals surface area contributed by atoms with Crippen molar-refractivity contribution < 1.29 is 14.3 Å². The molecule has 0 spiro atoms. The number of carbonyl (C=O) groups excluding carboxylic acids is 1. The molecule has 1 aromatic carbocycles. The molecule has 1 atom stereocenters. The van der Waals surface area contributed by atoms with Gasteiger partial charge >= 0.3 is 5.97 Å². The first-order valence-corrected chi connectivity index (χ1v) is 7.24. The van der Waals surface area contributed by atoms with Gasteiger partial charge in [-0.2, -0.15) is 0 Å². The fraction of sp³-hybridized carbons (Fsp3) is 0.500. The number of likely N-dealkylation sites (tertiary alicyclic amines) is 1. The minimum atomic E-state index is -0.137. The van der Waals surface area contributed by atoms with Gasteiger partial charge in [-0.3, -0.25) is 9.69 Å². The topological polar surface area (TPSA) is 38.8 Å². The first-order chi connectivity index (χ1) is 9.61. The van der Waals surface area contributed by atoms with Gasteiger partial charge < -0.3 is 9.47 Å². The van der Waals surface area contributed by atoms with Crippen molar-refractivity contribution in [2.75, 3.05) is 33.4 Å².